The minimum Gasteiger partial charge on any atom is -0.450 e. The number of rotatable bonds is 8. The van der Waals surface area contributed by atoms with Crippen molar-refractivity contribution >= 4 is 53.9 Å². The van der Waals surface area contributed by atoms with Gasteiger partial charge in [0, 0.05) is 19.2 Å². The lowest BCUT2D eigenvalue weighted by molar-refractivity contribution is 0.168. The molecule has 0 saturated carbocycles. The van der Waals surface area contributed by atoms with Crippen LogP contribution in [0.1, 0.15) is 32.3 Å². The Balaban J connectivity index is 0. The monoisotopic (exact) mass is 461 g/mol. The van der Waals surface area contributed by atoms with Crippen LogP contribution in [0.2, 0.25) is 0 Å². The molecule has 0 aliphatic carbocycles. The topological polar surface area (TPSA) is 136 Å². The maximum absolute atomic E-state index is 11.5. The van der Waals surface area contributed by atoms with Gasteiger partial charge in [0.1, 0.15) is 5.82 Å². The zero-order valence-corrected chi connectivity index (χ0v) is 19.0. The molecule has 1 amide bonds. The number of halogens is 2. The second-order valence-corrected chi connectivity index (χ2v) is 5.89. The van der Waals surface area contributed by atoms with Crippen LogP contribution < -0.4 is 22.1 Å². The number of aliphatic hydroxyl groups is 1. The van der Waals surface area contributed by atoms with E-state index in [4.69, 9.17) is 21.3 Å². The van der Waals surface area contributed by atoms with Crippen molar-refractivity contribution in [1.29, 1.82) is 0 Å². The predicted octanol–water partition coefficient (Wildman–Crippen LogP) is 4.09. The molecule has 2 rings (SSSR count). The first kappa shape index (κ1) is 29.8. The van der Waals surface area contributed by atoms with Crippen LogP contribution in [0.25, 0.3) is 0 Å². The number of carbonyl (C=O) groups excluding carboxylic acids is 1. The highest BCUT2D eigenvalue weighted by Crippen LogP contribution is 2.27. The average Bonchev–Trinajstić information content (AvgIpc) is 2.67. The fraction of sp³-hybridized carbons (Fsp3) is 0.400. The van der Waals surface area contributed by atoms with Crippen LogP contribution in [-0.2, 0) is 11.2 Å². The van der Waals surface area contributed by atoms with E-state index in [1.165, 1.54) is 5.56 Å². The molecule has 0 saturated heterocycles. The number of hydrogen-bond acceptors (Lipinski definition) is 7. The van der Waals surface area contributed by atoms with Gasteiger partial charge in [-0.3, -0.25) is 5.32 Å². The van der Waals surface area contributed by atoms with Crippen LogP contribution in [0.5, 0.6) is 0 Å². The fourth-order valence-corrected chi connectivity index (χ4v) is 2.38. The third kappa shape index (κ3) is 11.5. The number of aromatic nitrogens is 1. The summed E-state index contributed by atoms with van der Waals surface area (Å²) in [5.74, 6) is 0.470. The van der Waals surface area contributed by atoms with Crippen molar-refractivity contribution in [3.8, 4) is 0 Å². The molecule has 1 aromatic heterocycles. The summed E-state index contributed by atoms with van der Waals surface area (Å²) in [7, 11) is 0. The summed E-state index contributed by atoms with van der Waals surface area (Å²) in [4.78, 5) is 15.5. The van der Waals surface area contributed by atoms with Gasteiger partial charge >= 0.3 is 6.09 Å². The number of anilines is 4. The largest absolute Gasteiger partial charge is 0.450 e. The zero-order chi connectivity index (χ0) is 20.8. The maximum Gasteiger partial charge on any atom is 0.412 e. The lowest BCUT2D eigenvalue weighted by Gasteiger charge is -2.13. The molecule has 0 atom stereocenters. The first-order chi connectivity index (χ1) is 13.5. The number of amides is 1. The minimum atomic E-state index is -0.576. The van der Waals surface area contributed by atoms with Crippen molar-refractivity contribution in [3.63, 3.8) is 0 Å². The van der Waals surface area contributed by atoms with Crippen LogP contribution in [0.15, 0.2) is 36.4 Å². The van der Waals surface area contributed by atoms with E-state index in [-0.39, 0.29) is 43.8 Å². The lowest BCUT2D eigenvalue weighted by atomic mass is 10.1. The number of aryl methyl sites for hydroxylation is 1. The van der Waals surface area contributed by atoms with E-state index in [2.05, 4.69) is 27.8 Å². The highest BCUT2D eigenvalue weighted by Gasteiger charge is 2.10. The molecular formula is C20H33Cl2N5O3. The molecule has 0 aliphatic heterocycles. The molecule has 0 spiro atoms. The van der Waals surface area contributed by atoms with E-state index in [0.717, 1.165) is 25.8 Å². The van der Waals surface area contributed by atoms with Crippen LogP contribution in [0, 0.1) is 0 Å². The molecule has 0 fully saturated rings. The number of ether oxygens (including phenoxy) is 1. The molecule has 10 heteroatoms. The van der Waals surface area contributed by atoms with E-state index in [1.54, 1.807) is 19.9 Å². The average molecular weight is 462 g/mol. The third-order valence-electron chi connectivity index (χ3n) is 3.64. The summed E-state index contributed by atoms with van der Waals surface area (Å²) in [5, 5.41) is 13.3. The first-order valence-corrected chi connectivity index (χ1v) is 9.40. The minimum absolute atomic E-state index is 0. The number of nitrogens with two attached hydrogens (primary N) is 2. The first-order valence-electron chi connectivity index (χ1n) is 9.40. The van der Waals surface area contributed by atoms with Crippen LogP contribution in [0.3, 0.4) is 0 Å². The summed E-state index contributed by atoms with van der Waals surface area (Å²) < 4.78 is 4.83. The van der Waals surface area contributed by atoms with Gasteiger partial charge in [0.05, 0.1) is 18.0 Å². The summed E-state index contributed by atoms with van der Waals surface area (Å²) in [6, 6.07) is 12.0. The van der Waals surface area contributed by atoms with Gasteiger partial charge in [0.25, 0.3) is 0 Å². The van der Waals surface area contributed by atoms with Crippen molar-refractivity contribution < 1.29 is 14.6 Å². The van der Waals surface area contributed by atoms with Crippen molar-refractivity contribution in [2.24, 2.45) is 0 Å². The number of nitrogen functional groups attached to an aromatic ring is 2. The van der Waals surface area contributed by atoms with Crippen molar-refractivity contribution in [1.82, 2.24) is 4.98 Å². The predicted molar refractivity (Wildman–Crippen MR) is 129 cm³/mol. The number of carbonyl (C=O) groups is 1. The van der Waals surface area contributed by atoms with Crippen LogP contribution in [0.4, 0.5) is 27.8 Å². The Hall–Kier alpha value is -2.42. The molecule has 0 bridgehead atoms. The second-order valence-electron chi connectivity index (χ2n) is 5.89. The summed E-state index contributed by atoms with van der Waals surface area (Å²) >= 11 is 0. The Morgan fingerprint density at radius 1 is 1.13 bits per heavy atom. The summed E-state index contributed by atoms with van der Waals surface area (Å²) in [5.41, 5.74) is 14.1. The van der Waals surface area contributed by atoms with Crippen LogP contribution >= 0.6 is 24.8 Å². The summed E-state index contributed by atoms with van der Waals surface area (Å²) in [6.07, 6.45) is 2.50. The number of benzene rings is 1. The van der Waals surface area contributed by atoms with Gasteiger partial charge in [0.2, 0.25) is 0 Å². The van der Waals surface area contributed by atoms with E-state index in [1.807, 2.05) is 18.2 Å². The van der Waals surface area contributed by atoms with Gasteiger partial charge in [-0.05, 0) is 38.7 Å². The van der Waals surface area contributed by atoms with Crippen molar-refractivity contribution in [3.05, 3.63) is 42.0 Å². The Labute approximate surface area is 190 Å². The molecule has 2 aromatic rings. The molecule has 1 aromatic carbocycles. The fourth-order valence-electron chi connectivity index (χ4n) is 2.38. The van der Waals surface area contributed by atoms with E-state index >= 15 is 0 Å². The molecule has 0 aliphatic rings. The van der Waals surface area contributed by atoms with E-state index in [0.29, 0.717) is 17.2 Å². The van der Waals surface area contributed by atoms with Crippen LogP contribution in [-0.4, -0.2) is 35.9 Å². The van der Waals surface area contributed by atoms with E-state index in [9.17, 15) is 4.79 Å². The smallest absolute Gasteiger partial charge is 0.412 e. The molecule has 0 radical (unpaired) electrons. The zero-order valence-electron chi connectivity index (χ0n) is 17.4. The third-order valence-corrected chi connectivity index (χ3v) is 3.64. The van der Waals surface area contributed by atoms with E-state index < -0.39 is 6.09 Å². The molecule has 0 unspecified atom stereocenters. The number of nitrogens with one attached hydrogen (secondary N) is 2. The Morgan fingerprint density at radius 2 is 1.77 bits per heavy atom. The Morgan fingerprint density at radius 3 is 2.37 bits per heavy atom. The standard InChI is InChI=1S/C18H25N5O2.C2H6O.2ClH/c1-2-25-18(24)23-15-12-14(16(19)17(20)22-15)21-11-7-6-10-13-8-4-3-5-9-13;1-2-3;;/h3-5,8-9,12H,2,6-7,10-11,19H2,1H3,(H4,20,21,22,23,24);3H,2H2,1H3;2*1H. The second kappa shape index (κ2) is 17.4. The normalized spacial score (nSPS) is 9.17. The van der Waals surface area contributed by atoms with Crippen molar-refractivity contribution in [2.45, 2.75) is 33.1 Å². The van der Waals surface area contributed by atoms with Gasteiger partial charge in [0.15, 0.2) is 5.82 Å². The number of hydrogen-bond donors (Lipinski definition) is 5. The maximum atomic E-state index is 11.5. The van der Waals surface area contributed by atoms with Gasteiger partial charge in [-0.2, -0.15) is 0 Å². The SMILES string of the molecule is CCO.CCOC(=O)Nc1cc(NCCCCc2ccccc2)c(N)c(N)n1.Cl.Cl. The molecule has 170 valence electrons. The number of unbranched alkanes of at least 4 members (excludes halogenated alkanes) is 1. The molecular weight excluding hydrogens is 429 g/mol. The quantitative estimate of drug-likeness (QED) is 0.373. The lowest BCUT2D eigenvalue weighted by Crippen LogP contribution is -2.16. The van der Waals surface area contributed by atoms with Gasteiger partial charge < -0.3 is 26.6 Å². The number of pyridine rings is 1. The van der Waals surface area contributed by atoms with Gasteiger partial charge in [-0.25, -0.2) is 9.78 Å². The molecule has 30 heavy (non-hydrogen) atoms. The van der Waals surface area contributed by atoms with Crippen molar-refractivity contribution in [2.75, 3.05) is 41.9 Å². The number of nitrogens with zero attached hydrogens (tertiary/aromatic N) is 1. The highest BCUT2D eigenvalue weighted by molar-refractivity contribution is 5.87. The highest BCUT2D eigenvalue weighted by atomic mass is 35.5. The molecule has 1 heterocycles. The Kier molecular flexibility index (Phi) is 17.3. The Bertz CT molecular complexity index is 721. The summed E-state index contributed by atoms with van der Waals surface area (Å²) in [6.45, 7) is 4.69. The van der Waals surface area contributed by atoms with Gasteiger partial charge in [-0.1, -0.05) is 30.3 Å². The molecule has 8 nitrogen and oxygen atoms in total. The number of aliphatic hydroxyl groups excluding tert-OH is 1. The van der Waals surface area contributed by atoms with Gasteiger partial charge in [-0.15, -0.1) is 24.8 Å². The molecule has 7 N–H and O–H groups in total.